The average molecular weight is 396 g/mol. The molecule has 0 saturated carbocycles. The minimum atomic E-state index is -0.412. The van der Waals surface area contributed by atoms with Crippen LogP contribution < -0.4 is 10.1 Å². The van der Waals surface area contributed by atoms with Crippen molar-refractivity contribution in [3.63, 3.8) is 0 Å². The van der Waals surface area contributed by atoms with Gasteiger partial charge in [-0.2, -0.15) is 0 Å². The summed E-state index contributed by atoms with van der Waals surface area (Å²) in [6.07, 6.45) is 0.183. The lowest BCUT2D eigenvalue weighted by Crippen LogP contribution is -2.28. The van der Waals surface area contributed by atoms with E-state index in [2.05, 4.69) is 5.32 Å². The minimum absolute atomic E-state index is 0.0429. The first-order valence-corrected chi connectivity index (χ1v) is 9.49. The maximum Gasteiger partial charge on any atom is 0.338 e. The lowest BCUT2D eigenvalue weighted by molar-refractivity contribution is -0.128. The van der Waals surface area contributed by atoms with Crippen molar-refractivity contribution in [2.45, 2.75) is 19.9 Å². The van der Waals surface area contributed by atoms with Gasteiger partial charge in [0.2, 0.25) is 11.8 Å². The van der Waals surface area contributed by atoms with Crippen molar-refractivity contribution in [3.05, 3.63) is 59.7 Å². The largest absolute Gasteiger partial charge is 0.497 e. The molecule has 7 nitrogen and oxygen atoms in total. The van der Waals surface area contributed by atoms with Crippen molar-refractivity contribution in [2.24, 2.45) is 5.92 Å². The van der Waals surface area contributed by atoms with Gasteiger partial charge in [-0.3, -0.25) is 9.59 Å². The third kappa shape index (κ3) is 5.13. The SMILES string of the molecule is CCOC(=O)c1ccc(NC(=O)C2CC(=O)N(Cc3ccc(OC)cc3)C2)cc1. The normalized spacial score (nSPS) is 15.9. The van der Waals surface area contributed by atoms with Crippen molar-refractivity contribution >= 4 is 23.5 Å². The van der Waals surface area contributed by atoms with Crippen molar-refractivity contribution in [1.29, 1.82) is 0 Å². The predicted octanol–water partition coefficient (Wildman–Crippen LogP) is 2.86. The van der Waals surface area contributed by atoms with Gasteiger partial charge < -0.3 is 19.7 Å². The number of rotatable bonds is 7. The van der Waals surface area contributed by atoms with Crippen LogP contribution in [0.3, 0.4) is 0 Å². The maximum atomic E-state index is 12.6. The Kier molecular flexibility index (Phi) is 6.49. The first-order valence-electron chi connectivity index (χ1n) is 9.49. The summed E-state index contributed by atoms with van der Waals surface area (Å²) < 4.78 is 10.1. The van der Waals surface area contributed by atoms with Gasteiger partial charge in [0.05, 0.1) is 25.2 Å². The Bertz CT molecular complexity index is 877. The molecule has 0 spiro atoms. The number of nitrogens with zero attached hydrogens (tertiary/aromatic N) is 1. The molecule has 1 unspecified atom stereocenters. The molecule has 1 atom stereocenters. The van der Waals surface area contributed by atoms with Gasteiger partial charge in [0, 0.05) is 25.2 Å². The number of carbonyl (C=O) groups is 3. The lowest BCUT2D eigenvalue weighted by Gasteiger charge is -2.17. The molecule has 0 radical (unpaired) electrons. The molecule has 1 aliphatic rings. The van der Waals surface area contributed by atoms with Gasteiger partial charge in [-0.15, -0.1) is 0 Å². The molecule has 7 heteroatoms. The van der Waals surface area contributed by atoms with E-state index >= 15 is 0 Å². The van der Waals surface area contributed by atoms with Crippen molar-refractivity contribution in [2.75, 3.05) is 25.6 Å². The minimum Gasteiger partial charge on any atom is -0.497 e. The lowest BCUT2D eigenvalue weighted by atomic mass is 10.1. The van der Waals surface area contributed by atoms with Crippen molar-refractivity contribution < 1.29 is 23.9 Å². The van der Waals surface area contributed by atoms with E-state index in [9.17, 15) is 14.4 Å². The van der Waals surface area contributed by atoms with Crippen LogP contribution >= 0.6 is 0 Å². The number of hydrogen-bond acceptors (Lipinski definition) is 5. The average Bonchev–Trinajstić information content (AvgIpc) is 3.10. The second kappa shape index (κ2) is 9.23. The highest BCUT2D eigenvalue weighted by Gasteiger charge is 2.34. The van der Waals surface area contributed by atoms with Gasteiger partial charge >= 0.3 is 5.97 Å². The molecule has 2 amide bonds. The second-order valence-corrected chi connectivity index (χ2v) is 6.81. The molecule has 2 aromatic carbocycles. The monoisotopic (exact) mass is 396 g/mol. The van der Waals surface area contributed by atoms with Crippen LogP contribution in [0.25, 0.3) is 0 Å². The Hall–Kier alpha value is -3.35. The summed E-state index contributed by atoms with van der Waals surface area (Å²) in [5.41, 5.74) is 1.98. The Morgan fingerprint density at radius 1 is 1.10 bits per heavy atom. The highest BCUT2D eigenvalue weighted by atomic mass is 16.5. The van der Waals surface area contributed by atoms with Gasteiger partial charge in [0.25, 0.3) is 0 Å². The van der Waals surface area contributed by atoms with Crippen LogP contribution in [0.4, 0.5) is 5.69 Å². The molecule has 1 N–H and O–H groups in total. The highest BCUT2D eigenvalue weighted by molar-refractivity contribution is 5.97. The molecular formula is C22H24N2O5. The molecule has 0 aliphatic carbocycles. The van der Waals surface area contributed by atoms with Gasteiger partial charge in [-0.1, -0.05) is 12.1 Å². The number of likely N-dealkylation sites (tertiary alicyclic amines) is 1. The van der Waals surface area contributed by atoms with Crippen LogP contribution in [-0.4, -0.2) is 42.9 Å². The number of hydrogen-bond donors (Lipinski definition) is 1. The molecule has 152 valence electrons. The topological polar surface area (TPSA) is 84.9 Å². The standard InChI is InChI=1S/C22H24N2O5/c1-3-29-22(27)16-6-8-18(9-7-16)23-21(26)17-12-20(25)24(14-17)13-15-4-10-19(28-2)11-5-15/h4-11,17H,3,12-14H2,1-2H3,(H,23,26). The molecule has 1 saturated heterocycles. The van der Waals surface area contributed by atoms with Crippen molar-refractivity contribution in [1.82, 2.24) is 4.90 Å². The Morgan fingerprint density at radius 3 is 2.41 bits per heavy atom. The van der Waals surface area contributed by atoms with E-state index in [1.807, 2.05) is 24.3 Å². The van der Waals surface area contributed by atoms with Crippen LogP contribution in [0, 0.1) is 5.92 Å². The van der Waals surface area contributed by atoms with E-state index < -0.39 is 11.9 Å². The van der Waals surface area contributed by atoms with E-state index in [1.165, 1.54) is 0 Å². The molecule has 1 fully saturated rings. The number of amides is 2. The number of benzene rings is 2. The van der Waals surface area contributed by atoms with Crippen molar-refractivity contribution in [3.8, 4) is 5.75 Å². The van der Waals surface area contributed by atoms with Crippen LogP contribution in [0.5, 0.6) is 5.75 Å². The molecular weight excluding hydrogens is 372 g/mol. The molecule has 0 bridgehead atoms. The number of anilines is 1. The fourth-order valence-electron chi connectivity index (χ4n) is 3.20. The fraction of sp³-hybridized carbons (Fsp3) is 0.318. The molecule has 0 aromatic heterocycles. The zero-order valence-corrected chi connectivity index (χ0v) is 16.5. The van der Waals surface area contributed by atoms with E-state index in [0.29, 0.717) is 30.9 Å². The summed E-state index contributed by atoms with van der Waals surface area (Å²) in [6, 6.07) is 14.0. The van der Waals surface area contributed by atoms with Gasteiger partial charge in [0.1, 0.15) is 5.75 Å². The Balaban J connectivity index is 1.56. The molecule has 2 aromatic rings. The zero-order chi connectivity index (χ0) is 20.8. The number of carbonyl (C=O) groups excluding carboxylic acids is 3. The molecule has 1 aliphatic heterocycles. The van der Waals surface area contributed by atoms with Crippen LogP contribution in [0.15, 0.2) is 48.5 Å². The van der Waals surface area contributed by atoms with Crippen LogP contribution in [-0.2, 0) is 20.9 Å². The van der Waals surface area contributed by atoms with E-state index in [1.54, 1.807) is 43.2 Å². The predicted molar refractivity (Wildman–Crippen MR) is 108 cm³/mol. The smallest absolute Gasteiger partial charge is 0.338 e. The summed E-state index contributed by atoms with van der Waals surface area (Å²) in [6.45, 7) is 2.88. The van der Waals surface area contributed by atoms with E-state index in [4.69, 9.17) is 9.47 Å². The summed E-state index contributed by atoms with van der Waals surface area (Å²) in [7, 11) is 1.60. The Labute approximate surface area is 169 Å². The van der Waals surface area contributed by atoms with Gasteiger partial charge in [0.15, 0.2) is 0 Å². The summed E-state index contributed by atoms with van der Waals surface area (Å²) in [5, 5.41) is 2.82. The van der Waals surface area contributed by atoms with E-state index in [0.717, 1.165) is 11.3 Å². The fourth-order valence-corrected chi connectivity index (χ4v) is 3.20. The summed E-state index contributed by atoms with van der Waals surface area (Å²) in [5.74, 6) is -0.308. The highest BCUT2D eigenvalue weighted by Crippen LogP contribution is 2.23. The first-order chi connectivity index (χ1) is 14.0. The van der Waals surface area contributed by atoms with Gasteiger partial charge in [-0.05, 0) is 48.9 Å². The summed E-state index contributed by atoms with van der Waals surface area (Å²) in [4.78, 5) is 38.3. The zero-order valence-electron chi connectivity index (χ0n) is 16.5. The third-order valence-corrected chi connectivity index (χ3v) is 4.78. The number of nitrogens with one attached hydrogen (secondary N) is 1. The molecule has 3 rings (SSSR count). The number of esters is 1. The van der Waals surface area contributed by atoms with Gasteiger partial charge in [-0.25, -0.2) is 4.79 Å². The maximum absolute atomic E-state index is 12.6. The number of methoxy groups -OCH3 is 1. The molecule has 1 heterocycles. The van der Waals surface area contributed by atoms with Crippen LogP contribution in [0.1, 0.15) is 29.3 Å². The summed E-state index contributed by atoms with van der Waals surface area (Å²) >= 11 is 0. The Morgan fingerprint density at radius 2 is 1.79 bits per heavy atom. The first kappa shape index (κ1) is 20.4. The van der Waals surface area contributed by atoms with Crippen LogP contribution in [0.2, 0.25) is 0 Å². The second-order valence-electron chi connectivity index (χ2n) is 6.81. The quantitative estimate of drug-likeness (QED) is 0.728. The third-order valence-electron chi connectivity index (χ3n) is 4.78. The molecule has 29 heavy (non-hydrogen) atoms. The number of ether oxygens (including phenoxy) is 2. The van der Waals surface area contributed by atoms with E-state index in [-0.39, 0.29) is 18.2 Å².